The van der Waals surface area contributed by atoms with Crippen molar-refractivity contribution in [2.75, 3.05) is 19.6 Å². The van der Waals surface area contributed by atoms with Crippen molar-refractivity contribution in [3.05, 3.63) is 35.4 Å². The van der Waals surface area contributed by atoms with Crippen molar-refractivity contribution < 1.29 is 9.59 Å². The number of carbonyl (C=O) groups excluding carboxylic acids is 2. The maximum atomic E-state index is 13.3. The van der Waals surface area contributed by atoms with Gasteiger partial charge in [0.2, 0.25) is 11.8 Å². The van der Waals surface area contributed by atoms with Crippen LogP contribution in [0.2, 0.25) is 0 Å². The molecule has 6 nitrogen and oxygen atoms in total. The van der Waals surface area contributed by atoms with E-state index in [4.69, 9.17) is 11.5 Å². The number of nitrogens with one attached hydrogen (secondary N) is 2. The van der Waals surface area contributed by atoms with Gasteiger partial charge in [-0.2, -0.15) is 0 Å². The molecule has 0 radical (unpaired) electrons. The highest BCUT2D eigenvalue weighted by Crippen LogP contribution is 2.40. The fraction of sp³-hybridized carbons (Fsp3) is 0.778. The molecular weight excluding hydrogens is 520 g/mol. The van der Waals surface area contributed by atoms with E-state index in [2.05, 4.69) is 90.3 Å². The number of rotatable bonds is 16. The van der Waals surface area contributed by atoms with Crippen LogP contribution in [0.4, 0.5) is 0 Å². The smallest absolute Gasteiger partial charge is 0.225 e. The fourth-order valence-electron chi connectivity index (χ4n) is 6.84. The first-order valence-electron chi connectivity index (χ1n) is 15.8. The summed E-state index contributed by atoms with van der Waals surface area (Å²) in [5.41, 5.74) is 12.6. The molecule has 0 saturated carbocycles. The predicted octanol–water partition coefficient (Wildman–Crippen LogP) is 6.84. The minimum Gasteiger partial charge on any atom is -0.355 e. The lowest BCUT2D eigenvalue weighted by Crippen LogP contribution is -2.46. The zero-order valence-corrected chi connectivity index (χ0v) is 29.7. The molecule has 0 aliphatic rings. The molecule has 2 amide bonds. The normalized spacial score (nSPS) is 14.1. The Morgan fingerprint density at radius 2 is 0.929 bits per heavy atom. The van der Waals surface area contributed by atoms with Gasteiger partial charge in [0, 0.05) is 29.5 Å². The number of hydrogen-bond donors (Lipinski definition) is 4. The van der Waals surface area contributed by atoms with E-state index in [9.17, 15) is 9.59 Å². The molecule has 0 aliphatic heterocycles. The summed E-state index contributed by atoms with van der Waals surface area (Å²) < 4.78 is 0. The van der Waals surface area contributed by atoms with Crippen LogP contribution >= 0.6 is 0 Å². The van der Waals surface area contributed by atoms with Gasteiger partial charge < -0.3 is 22.1 Å². The lowest BCUT2D eigenvalue weighted by Gasteiger charge is -2.37. The van der Waals surface area contributed by atoms with Gasteiger partial charge in [-0.1, -0.05) is 107 Å². The SMILES string of the molecule is CC(C)(N)CC(C)(C)CNC(=O)C(C)(C)CC(C)(C)c1ccc(C(C)(C)CC(C)(C)C(=O)NCC(C)(C)CCN)cc1. The molecule has 1 aromatic rings. The van der Waals surface area contributed by atoms with E-state index in [0.29, 0.717) is 26.1 Å². The number of nitrogens with two attached hydrogens (primary N) is 2. The Labute approximate surface area is 258 Å². The Morgan fingerprint density at radius 1 is 0.595 bits per heavy atom. The molecule has 0 atom stereocenters. The molecule has 6 N–H and O–H groups in total. The van der Waals surface area contributed by atoms with Crippen molar-refractivity contribution >= 4 is 11.8 Å². The van der Waals surface area contributed by atoms with Gasteiger partial charge in [0.05, 0.1) is 0 Å². The highest BCUT2D eigenvalue weighted by atomic mass is 16.2. The van der Waals surface area contributed by atoms with Crippen LogP contribution < -0.4 is 22.1 Å². The Hall–Kier alpha value is -1.92. The molecule has 0 bridgehead atoms. The van der Waals surface area contributed by atoms with Crippen molar-refractivity contribution in [3.8, 4) is 0 Å². The van der Waals surface area contributed by atoms with Crippen LogP contribution in [0, 0.1) is 21.7 Å². The fourth-order valence-corrected chi connectivity index (χ4v) is 6.84. The second kappa shape index (κ2) is 13.4. The molecule has 242 valence electrons. The summed E-state index contributed by atoms with van der Waals surface area (Å²) in [4.78, 5) is 26.5. The number of hydrogen-bond acceptors (Lipinski definition) is 4. The van der Waals surface area contributed by atoms with E-state index in [1.54, 1.807) is 0 Å². The van der Waals surface area contributed by atoms with Gasteiger partial charge in [-0.05, 0) is 78.9 Å². The van der Waals surface area contributed by atoms with Crippen LogP contribution in [0.3, 0.4) is 0 Å². The average Bonchev–Trinajstić information content (AvgIpc) is 2.78. The summed E-state index contributed by atoms with van der Waals surface area (Å²) >= 11 is 0. The first-order chi connectivity index (χ1) is 18.6. The lowest BCUT2D eigenvalue weighted by molar-refractivity contribution is -0.131. The van der Waals surface area contributed by atoms with E-state index in [1.165, 1.54) is 11.1 Å². The van der Waals surface area contributed by atoms with Crippen molar-refractivity contribution in [1.82, 2.24) is 10.6 Å². The van der Waals surface area contributed by atoms with Crippen molar-refractivity contribution in [2.24, 2.45) is 33.1 Å². The standard InChI is InChI=1S/C36H66N4O2/c1-30(2,19-20-37)24-39-28(41)34(9,10)22-32(5,6)26-15-17-27(18-16-26)33(7,8)23-35(11,12)29(42)40-25-31(3,4)21-36(13,14)38/h15-18H,19-25,37-38H2,1-14H3,(H,39,41)(H,40,42). The third-order valence-electron chi connectivity index (χ3n) is 8.66. The zero-order valence-electron chi connectivity index (χ0n) is 29.7. The zero-order chi connectivity index (χ0) is 33.0. The Balaban J connectivity index is 2.94. The third-order valence-corrected chi connectivity index (χ3v) is 8.66. The van der Waals surface area contributed by atoms with Crippen molar-refractivity contribution in [2.45, 2.75) is 139 Å². The molecule has 1 rings (SSSR count). The van der Waals surface area contributed by atoms with Gasteiger partial charge >= 0.3 is 0 Å². The second-order valence-electron chi connectivity index (χ2n) is 17.9. The van der Waals surface area contributed by atoms with Crippen LogP contribution in [-0.2, 0) is 20.4 Å². The first kappa shape index (κ1) is 38.1. The maximum Gasteiger partial charge on any atom is 0.225 e. The molecule has 6 heteroatoms. The van der Waals surface area contributed by atoms with E-state index in [-0.39, 0.29) is 39.0 Å². The molecular formula is C36H66N4O2. The van der Waals surface area contributed by atoms with Crippen molar-refractivity contribution in [1.29, 1.82) is 0 Å². The van der Waals surface area contributed by atoms with Crippen LogP contribution in [0.1, 0.15) is 134 Å². The van der Waals surface area contributed by atoms with Gasteiger partial charge in [0.25, 0.3) is 0 Å². The van der Waals surface area contributed by atoms with E-state index in [1.807, 2.05) is 41.5 Å². The summed E-state index contributed by atoms with van der Waals surface area (Å²) in [7, 11) is 0. The Kier molecular flexibility index (Phi) is 12.1. The third kappa shape index (κ3) is 12.0. The van der Waals surface area contributed by atoms with E-state index < -0.39 is 10.8 Å². The van der Waals surface area contributed by atoms with Crippen LogP contribution in [0.5, 0.6) is 0 Å². The largest absolute Gasteiger partial charge is 0.355 e. The molecule has 0 spiro atoms. The summed E-state index contributed by atoms with van der Waals surface area (Å²) in [5, 5.41) is 6.39. The van der Waals surface area contributed by atoms with Crippen LogP contribution in [0.25, 0.3) is 0 Å². The predicted molar refractivity (Wildman–Crippen MR) is 179 cm³/mol. The van der Waals surface area contributed by atoms with Crippen LogP contribution in [0.15, 0.2) is 24.3 Å². The maximum absolute atomic E-state index is 13.3. The summed E-state index contributed by atoms with van der Waals surface area (Å²) in [6.07, 6.45) is 3.13. The number of benzene rings is 1. The molecule has 0 unspecified atom stereocenters. The molecule has 42 heavy (non-hydrogen) atoms. The van der Waals surface area contributed by atoms with Crippen molar-refractivity contribution in [3.63, 3.8) is 0 Å². The minimum atomic E-state index is -0.536. The molecule has 0 heterocycles. The van der Waals surface area contributed by atoms with Gasteiger partial charge in [-0.15, -0.1) is 0 Å². The molecule has 0 aromatic heterocycles. The number of carbonyl (C=O) groups is 2. The molecule has 0 fully saturated rings. The van der Waals surface area contributed by atoms with E-state index >= 15 is 0 Å². The first-order valence-corrected chi connectivity index (χ1v) is 15.8. The number of amides is 2. The summed E-state index contributed by atoms with van der Waals surface area (Å²) in [5.74, 6) is 0.150. The molecule has 1 aromatic carbocycles. The molecule has 0 aliphatic carbocycles. The van der Waals surface area contributed by atoms with Gasteiger partial charge in [0.1, 0.15) is 0 Å². The summed E-state index contributed by atoms with van der Waals surface area (Å²) in [6, 6.07) is 8.78. The molecule has 0 saturated heterocycles. The van der Waals surface area contributed by atoms with E-state index in [0.717, 1.165) is 19.3 Å². The monoisotopic (exact) mass is 587 g/mol. The van der Waals surface area contributed by atoms with Gasteiger partial charge in [-0.3, -0.25) is 9.59 Å². The quantitative estimate of drug-likeness (QED) is 0.170. The lowest BCUT2D eigenvalue weighted by atomic mass is 9.68. The Bertz CT molecular complexity index is 1040. The second-order valence-corrected chi connectivity index (χ2v) is 17.9. The topological polar surface area (TPSA) is 110 Å². The van der Waals surface area contributed by atoms with Gasteiger partial charge in [0.15, 0.2) is 0 Å². The highest BCUT2D eigenvalue weighted by Gasteiger charge is 2.38. The van der Waals surface area contributed by atoms with Crippen LogP contribution in [-0.4, -0.2) is 37.0 Å². The Morgan fingerprint density at radius 3 is 1.24 bits per heavy atom. The average molecular weight is 587 g/mol. The highest BCUT2D eigenvalue weighted by molar-refractivity contribution is 5.82. The minimum absolute atomic E-state index is 0.0217. The van der Waals surface area contributed by atoms with Gasteiger partial charge in [-0.25, -0.2) is 0 Å². The summed E-state index contributed by atoms with van der Waals surface area (Å²) in [6.45, 7) is 31.4.